The molecule has 9 nitrogen and oxygen atoms in total. The normalized spacial score (nSPS) is 24.1. The van der Waals surface area contributed by atoms with Crippen LogP contribution in [-0.2, 0) is 11.3 Å². The summed E-state index contributed by atoms with van der Waals surface area (Å²) in [5.41, 5.74) is 2.58. The molecule has 2 aromatic rings. The molecule has 0 radical (unpaired) electrons. The number of piperazine rings is 1. The van der Waals surface area contributed by atoms with Crippen LogP contribution >= 0.6 is 22.6 Å². The molecule has 1 aromatic heterocycles. The highest BCUT2D eigenvalue weighted by molar-refractivity contribution is 8.26. The summed E-state index contributed by atoms with van der Waals surface area (Å²) in [6.45, 7) is 4.37. The molecule has 13 heteroatoms. The predicted molar refractivity (Wildman–Crippen MR) is 140 cm³/mol. The van der Waals surface area contributed by atoms with Crippen molar-refractivity contribution in [1.29, 1.82) is 0 Å². The van der Waals surface area contributed by atoms with Crippen LogP contribution in [0.4, 0.5) is 20.3 Å². The fourth-order valence-corrected chi connectivity index (χ4v) is 6.46. The Bertz CT molecular complexity index is 1210. The van der Waals surface area contributed by atoms with Crippen molar-refractivity contribution in [2.24, 2.45) is 5.92 Å². The first kappa shape index (κ1) is 26.4. The Balaban J connectivity index is 1.34. The zero-order chi connectivity index (χ0) is 26.7. The summed E-state index contributed by atoms with van der Waals surface area (Å²) >= 11 is 6.52. The van der Waals surface area contributed by atoms with Crippen molar-refractivity contribution in [2.45, 2.75) is 31.9 Å². The third-order valence-electron chi connectivity index (χ3n) is 7.18. The molecule has 3 aliphatic rings. The van der Waals surface area contributed by atoms with E-state index < -0.39 is 28.9 Å². The highest BCUT2D eigenvalue weighted by atomic mass is 35.5. The number of nitrogens with zero attached hydrogens (tertiary/aromatic N) is 5. The van der Waals surface area contributed by atoms with Gasteiger partial charge in [-0.15, -0.1) is 0 Å². The number of rotatable bonds is 6. The summed E-state index contributed by atoms with van der Waals surface area (Å²) in [6.07, 6.45) is -1.27. The first-order valence-electron chi connectivity index (χ1n) is 12.0. The molecule has 2 atom stereocenters. The second kappa shape index (κ2) is 9.51. The number of carbonyl (C=O) groups excluding carboxylic acids is 1. The topological polar surface area (TPSA) is 104 Å². The fourth-order valence-electron chi connectivity index (χ4n) is 4.80. The van der Waals surface area contributed by atoms with Gasteiger partial charge < -0.3 is 10.0 Å². The van der Waals surface area contributed by atoms with Crippen LogP contribution < -0.4 is 8.61 Å². The number of hydrogen-bond donors (Lipinski definition) is 3. The number of aliphatic hydroxyl groups excluding tert-OH is 1. The molecule has 1 aromatic carbocycles. The molecule has 2 aliphatic heterocycles. The molecular formula is C24H30ClF2N5O4S. The number of pyridine rings is 1. The quantitative estimate of drug-likeness (QED) is 0.491. The lowest BCUT2D eigenvalue weighted by atomic mass is 10.1. The number of anilines is 2. The Hall–Kier alpha value is -2.22. The fraction of sp³-hybridized carbons (Fsp3) is 0.500. The van der Waals surface area contributed by atoms with Crippen molar-refractivity contribution in [1.82, 2.24) is 14.8 Å². The average Bonchev–Trinajstić information content (AvgIpc) is 3.42. The molecule has 1 saturated carbocycles. The monoisotopic (exact) mass is 557 g/mol. The lowest BCUT2D eigenvalue weighted by molar-refractivity contribution is -0.141. The number of carbonyl (C=O) groups is 1. The van der Waals surface area contributed by atoms with Crippen molar-refractivity contribution >= 4 is 40.0 Å². The van der Waals surface area contributed by atoms with Gasteiger partial charge in [-0.3, -0.25) is 18.8 Å². The molecular weight excluding hydrogens is 528 g/mol. The molecule has 1 aliphatic carbocycles. The Morgan fingerprint density at radius 1 is 1.22 bits per heavy atom. The zero-order valence-electron chi connectivity index (χ0n) is 20.5. The van der Waals surface area contributed by atoms with Gasteiger partial charge >= 0.3 is 0 Å². The van der Waals surface area contributed by atoms with Crippen molar-refractivity contribution in [3.63, 3.8) is 0 Å². The number of fused-ring (bicyclic) bond motifs is 1. The minimum atomic E-state index is -3.50. The zero-order valence-corrected chi connectivity index (χ0v) is 22.1. The number of hydrogen-bond acceptors (Lipinski definition) is 8. The maximum atomic E-state index is 13.5. The van der Waals surface area contributed by atoms with Crippen molar-refractivity contribution in [3.05, 3.63) is 40.9 Å². The predicted octanol–water partition coefficient (Wildman–Crippen LogP) is 3.92. The van der Waals surface area contributed by atoms with Gasteiger partial charge in [0.15, 0.2) is 5.82 Å². The van der Waals surface area contributed by atoms with Gasteiger partial charge in [-0.1, -0.05) is 17.7 Å². The van der Waals surface area contributed by atoms with Gasteiger partial charge in [0.1, 0.15) is 11.8 Å². The molecule has 1 saturated heterocycles. The van der Waals surface area contributed by atoms with Crippen molar-refractivity contribution in [2.75, 3.05) is 48.4 Å². The largest absolute Gasteiger partial charge is 0.384 e. The first-order valence-corrected chi connectivity index (χ1v) is 13.9. The maximum absolute atomic E-state index is 13.5. The molecule has 3 heterocycles. The molecule has 0 bridgehead atoms. The molecule has 202 valence electrons. The lowest BCUT2D eigenvalue weighted by Gasteiger charge is -2.41. The number of amides is 1. The van der Waals surface area contributed by atoms with E-state index in [0.29, 0.717) is 60.5 Å². The summed E-state index contributed by atoms with van der Waals surface area (Å²) in [7, 11) is -2.01. The van der Waals surface area contributed by atoms with Crippen LogP contribution in [0.15, 0.2) is 30.3 Å². The summed E-state index contributed by atoms with van der Waals surface area (Å²) in [5, 5.41) is 10.0. The smallest absolute Gasteiger partial charge is 0.253 e. The van der Waals surface area contributed by atoms with Crippen LogP contribution in [0.1, 0.15) is 18.9 Å². The molecule has 0 spiro atoms. The van der Waals surface area contributed by atoms with E-state index in [9.17, 15) is 27.8 Å². The van der Waals surface area contributed by atoms with E-state index in [1.165, 1.54) is 22.6 Å². The summed E-state index contributed by atoms with van der Waals surface area (Å²) in [6, 6.07) is 9.01. The summed E-state index contributed by atoms with van der Waals surface area (Å²) in [5.74, 6) is -3.67. The molecule has 1 amide bonds. The number of halogens is 3. The van der Waals surface area contributed by atoms with Crippen LogP contribution in [0.25, 0.3) is 11.3 Å². The van der Waals surface area contributed by atoms with Crippen molar-refractivity contribution in [3.8, 4) is 11.3 Å². The van der Waals surface area contributed by atoms with Crippen LogP contribution in [0.2, 0.25) is 5.02 Å². The highest BCUT2D eigenvalue weighted by Gasteiger charge is 2.59. The standard InChI is InChI=1S/C24H30ClF2N5O4S/c1-15(33)23(34)31-9-7-30(8-10-31)13-16-3-4-19(25)18(11-16)20-5-6-21-22(28-20)29(2)37(35,36)32(21)14-17-12-24(17,26)27/h3-6,11,15,17,33,35-36H,7-10,12-14H2,1-2H3/t15-,17?/m1/s1. The lowest BCUT2D eigenvalue weighted by Crippen LogP contribution is -2.50. The van der Waals surface area contributed by atoms with Gasteiger partial charge in [-0.05, 0) is 47.7 Å². The van der Waals surface area contributed by atoms with Crippen LogP contribution in [-0.4, -0.2) is 86.7 Å². The third-order valence-corrected chi connectivity index (χ3v) is 9.36. The Kier molecular flexibility index (Phi) is 6.78. The molecule has 3 N–H and O–H groups in total. The van der Waals surface area contributed by atoms with Crippen molar-refractivity contribution < 1.29 is 27.8 Å². The van der Waals surface area contributed by atoms with Gasteiger partial charge in [0.05, 0.1) is 5.69 Å². The molecule has 37 heavy (non-hydrogen) atoms. The number of benzene rings is 1. The van der Waals surface area contributed by atoms with Gasteiger partial charge in [0.2, 0.25) is 0 Å². The number of aromatic nitrogens is 1. The molecule has 5 rings (SSSR count). The Labute approximate surface area is 220 Å². The minimum Gasteiger partial charge on any atom is -0.384 e. The van der Waals surface area contributed by atoms with E-state index in [1.54, 1.807) is 23.1 Å². The second-order valence-corrected chi connectivity index (χ2v) is 12.2. The van der Waals surface area contributed by atoms with E-state index in [2.05, 4.69) is 9.88 Å². The number of aliphatic hydroxyl groups is 1. The maximum Gasteiger partial charge on any atom is 0.253 e. The SMILES string of the molecule is C[C@@H](O)C(=O)N1CCN(Cc2ccc(Cl)c(-c3ccc4c(n3)N(C)S(O)(O)N4CC3CC3(F)F)c2)CC1. The van der Waals surface area contributed by atoms with Gasteiger partial charge in [-0.25, -0.2) is 22.4 Å². The van der Waals surface area contributed by atoms with E-state index in [4.69, 9.17) is 11.6 Å². The van der Waals surface area contributed by atoms with Gasteiger partial charge in [-0.2, -0.15) is 0 Å². The third kappa shape index (κ3) is 4.98. The van der Waals surface area contributed by atoms with E-state index in [0.717, 1.165) is 5.56 Å². The van der Waals surface area contributed by atoms with Crippen LogP contribution in [0, 0.1) is 5.92 Å². The number of alkyl halides is 2. The van der Waals surface area contributed by atoms with E-state index in [1.807, 2.05) is 12.1 Å². The average molecular weight is 558 g/mol. The minimum absolute atomic E-state index is 0.167. The molecule has 1 unspecified atom stereocenters. The highest BCUT2D eigenvalue weighted by Crippen LogP contribution is 2.62. The van der Waals surface area contributed by atoms with E-state index >= 15 is 0 Å². The van der Waals surface area contributed by atoms with Crippen LogP contribution in [0.5, 0.6) is 0 Å². The molecule has 2 fully saturated rings. The second-order valence-electron chi connectivity index (χ2n) is 9.84. The first-order chi connectivity index (χ1) is 17.4. The van der Waals surface area contributed by atoms with Gasteiger partial charge in [0, 0.05) is 69.2 Å². The van der Waals surface area contributed by atoms with Gasteiger partial charge in [0.25, 0.3) is 11.8 Å². The Morgan fingerprint density at radius 2 is 1.89 bits per heavy atom. The Morgan fingerprint density at radius 3 is 2.51 bits per heavy atom. The van der Waals surface area contributed by atoms with Crippen LogP contribution in [0.3, 0.4) is 0 Å². The van der Waals surface area contributed by atoms with E-state index in [-0.39, 0.29) is 18.9 Å². The summed E-state index contributed by atoms with van der Waals surface area (Å²) < 4.78 is 51.0. The summed E-state index contributed by atoms with van der Waals surface area (Å²) in [4.78, 5) is 20.5.